The summed E-state index contributed by atoms with van der Waals surface area (Å²) in [6, 6.07) is 0. The van der Waals surface area contributed by atoms with Crippen LogP contribution in [0.25, 0.3) is 0 Å². The summed E-state index contributed by atoms with van der Waals surface area (Å²) in [5, 5.41) is 0. The van der Waals surface area contributed by atoms with E-state index in [9.17, 15) is 4.89 Å². The van der Waals surface area contributed by atoms with Crippen LogP contribution in [0.15, 0.2) is 0 Å². The Morgan fingerprint density at radius 3 is 2.40 bits per heavy atom. The van der Waals surface area contributed by atoms with Gasteiger partial charge in [0.15, 0.2) is 0 Å². The molecule has 0 amide bonds. The van der Waals surface area contributed by atoms with Crippen LogP contribution in [0.5, 0.6) is 0 Å². The summed E-state index contributed by atoms with van der Waals surface area (Å²) in [6.07, 6.45) is 0. The van der Waals surface area contributed by atoms with Crippen LogP contribution in [0.2, 0.25) is 0 Å². The van der Waals surface area contributed by atoms with E-state index in [2.05, 4.69) is 11.8 Å². The first-order valence-corrected chi connectivity index (χ1v) is 6.95. The fourth-order valence-corrected chi connectivity index (χ4v) is 3.81. The third-order valence-electron chi connectivity index (χ3n) is 0.574. The summed E-state index contributed by atoms with van der Waals surface area (Å²) in [5.74, 6) is 0.751. The number of rotatable bonds is 4. The van der Waals surface area contributed by atoms with E-state index >= 15 is 0 Å². The van der Waals surface area contributed by atoms with Crippen LogP contribution in [0.1, 0.15) is 13.8 Å². The molecule has 0 saturated heterocycles. The van der Waals surface area contributed by atoms with E-state index in [0.717, 1.165) is 5.75 Å². The molecule has 0 bridgehead atoms. The van der Waals surface area contributed by atoms with Crippen molar-refractivity contribution in [3.63, 3.8) is 0 Å². The van der Waals surface area contributed by atoms with Gasteiger partial charge >= 0.3 is 25.8 Å². The Labute approximate surface area is 89.8 Å². The van der Waals surface area contributed by atoms with Crippen molar-refractivity contribution < 1.29 is 9.42 Å². The first-order valence-electron chi connectivity index (χ1n) is 2.72. The van der Waals surface area contributed by atoms with Gasteiger partial charge in [0.25, 0.3) is 0 Å². The predicted octanol–water partition coefficient (Wildman–Crippen LogP) is 0.445. The third kappa shape index (κ3) is 7.89. The van der Waals surface area contributed by atoms with Crippen LogP contribution in [-0.2, 0) is 16.3 Å². The zero-order chi connectivity index (χ0) is 7.33. The summed E-state index contributed by atoms with van der Waals surface area (Å²) < 4.78 is 4.80. The Kier molecular flexibility index (Phi) is 10.7. The van der Waals surface area contributed by atoms with E-state index in [-0.39, 0.29) is 25.8 Å². The van der Waals surface area contributed by atoms with Gasteiger partial charge in [0, 0.05) is 12.3 Å². The van der Waals surface area contributed by atoms with Crippen molar-refractivity contribution in [2.45, 2.75) is 13.8 Å². The second-order valence-electron chi connectivity index (χ2n) is 1.28. The van der Waals surface area contributed by atoms with Crippen molar-refractivity contribution in [1.82, 2.24) is 0 Å². The van der Waals surface area contributed by atoms with E-state index < -0.39 is 5.69 Å². The quantitative estimate of drug-likeness (QED) is 0.706. The first-order chi connectivity index (χ1) is 4.12. The molecular formula is C4H12InO2PS2. The molecule has 60 valence electrons. The van der Waals surface area contributed by atoms with Gasteiger partial charge in [0.1, 0.15) is 0 Å². The van der Waals surface area contributed by atoms with E-state index in [1.807, 2.05) is 6.92 Å². The SMILES string of the molecule is CCOP([O-])(=S)SCC.[InH2+]. The van der Waals surface area contributed by atoms with Crippen LogP contribution < -0.4 is 4.89 Å². The maximum absolute atomic E-state index is 11.0. The molecule has 10 heavy (non-hydrogen) atoms. The maximum atomic E-state index is 11.0. The van der Waals surface area contributed by atoms with Gasteiger partial charge in [-0.05, 0) is 12.7 Å². The summed E-state index contributed by atoms with van der Waals surface area (Å²) in [6.45, 7) is 4.13. The Bertz CT molecular complexity index is 112. The van der Waals surface area contributed by atoms with Crippen LogP contribution in [0.3, 0.4) is 0 Å². The van der Waals surface area contributed by atoms with E-state index in [1.54, 1.807) is 6.92 Å². The molecule has 0 aromatic rings. The number of hydrogen-bond donors (Lipinski definition) is 0. The Balaban J connectivity index is 0. The van der Waals surface area contributed by atoms with Gasteiger partial charge in [-0.25, -0.2) is 0 Å². The van der Waals surface area contributed by atoms with Crippen molar-refractivity contribution in [2.24, 2.45) is 0 Å². The predicted molar refractivity (Wildman–Crippen MR) is 52.6 cm³/mol. The van der Waals surface area contributed by atoms with E-state index in [1.165, 1.54) is 11.4 Å². The van der Waals surface area contributed by atoms with Crippen molar-refractivity contribution >= 4 is 54.7 Å². The zero-order valence-corrected chi connectivity index (χ0v) is 14.7. The molecule has 0 aromatic carbocycles. The Hall–Kier alpha value is 1.79. The van der Waals surface area contributed by atoms with Gasteiger partial charge in [-0.15, -0.1) is 11.4 Å². The normalized spacial score (nSPS) is 15.5. The van der Waals surface area contributed by atoms with Gasteiger partial charge in [0.2, 0.25) is 0 Å². The molecule has 0 radical (unpaired) electrons. The topological polar surface area (TPSA) is 32.3 Å². The molecule has 0 spiro atoms. The van der Waals surface area contributed by atoms with Gasteiger partial charge < -0.3 is 9.42 Å². The molecule has 0 aliphatic rings. The molecule has 1 atom stereocenters. The average Bonchev–Trinajstić information content (AvgIpc) is 1.64. The molecule has 0 rings (SSSR count). The fourth-order valence-electron chi connectivity index (χ4n) is 0.353. The minimum absolute atomic E-state index is 0. The van der Waals surface area contributed by atoms with E-state index in [0.29, 0.717) is 6.61 Å². The van der Waals surface area contributed by atoms with Gasteiger partial charge in [-0.2, -0.15) is 0 Å². The van der Waals surface area contributed by atoms with Crippen LogP contribution in [0.4, 0.5) is 0 Å². The van der Waals surface area contributed by atoms with Crippen LogP contribution in [-0.4, -0.2) is 38.2 Å². The van der Waals surface area contributed by atoms with Crippen molar-refractivity contribution in [3.8, 4) is 0 Å². The average molecular weight is 302 g/mol. The van der Waals surface area contributed by atoms with Gasteiger partial charge in [-0.3, -0.25) is 0 Å². The monoisotopic (exact) mass is 302 g/mol. The Morgan fingerprint density at radius 2 is 2.10 bits per heavy atom. The van der Waals surface area contributed by atoms with Gasteiger partial charge in [0.05, 0.1) is 0 Å². The summed E-state index contributed by atoms with van der Waals surface area (Å²) in [7, 11) is 0. The fraction of sp³-hybridized carbons (Fsp3) is 1.00. The third-order valence-corrected chi connectivity index (χ3v) is 5.03. The molecule has 6 heteroatoms. The molecule has 0 aliphatic heterocycles. The summed E-state index contributed by atoms with van der Waals surface area (Å²) in [5.41, 5.74) is -2.69. The second kappa shape index (κ2) is 7.44. The molecule has 1 unspecified atom stereocenters. The first kappa shape index (κ1) is 14.3. The van der Waals surface area contributed by atoms with Crippen molar-refractivity contribution in [2.75, 3.05) is 12.4 Å². The summed E-state index contributed by atoms with van der Waals surface area (Å²) >= 11 is 5.84. The molecule has 0 N–H and O–H groups in total. The molecule has 0 aliphatic carbocycles. The van der Waals surface area contributed by atoms with Gasteiger partial charge in [-0.1, -0.05) is 18.7 Å². The molecule has 0 aromatic heterocycles. The molecule has 0 saturated carbocycles. The second-order valence-corrected chi connectivity index (χ2v) is 7.62. The molecule has 0 fully saturated rings. The summed E-state index contributed by atoms with van der Waals surface area (Å²) in [4.78, 5) is 11.0. The molecular weight excluding hydrogens is 290 g/mol. The minimum atomic E-state index is -2.69. The standard InChI is InChI=1S/C4H11O2PS2.In.2H/c1-3-6-7(5,8)9-4-2;;;/h3-4H2,1-2H3,(H,5,8);;;/q;+1;;/p-1. The zero-order valence-electron chi connectivity index (χ0n) is 6.49. The number of hydrogen-bond acceptors (Lipinski definition) is 4. The van der Waals surface area contributed by atoms with Crippen molar-refractivity contribution in [1.29, 1.82) is 0 Å². The van der Waals surface area contributed by atoms with Crippen molar-refractivity contribution in [3.05, 3.63) is 0 Å². The van der Waals surface area contributed by atoms with Crippen LogP contribution >= 0.6 is 17.1 Å². The Morgan fingerprint density at radius 1 is 1.60 bits per heavy atom. The van der Waals surface area contributed by atoms with Crippen LogP contribution in [0, 0.1) is 0 Å². The molecule has 2 nitrogen and oxygen atoms in total. The molecule has 0 heterocycles. The van der Waals surface area contributed by atoms with E-state index in [4.69, 9.17) is 4.52 Å².